The molecule has 0 aromatic heterocycles. The van der Waals surface area contributed by atoms with E-state index in [1.807, 2.05) is 27.7 Å². The quantitative estimate of drug-likeness (QED) is 0.562. The fraction of sp³-hybridized carbons (Fsp3) is 0.917. The molecule has 0 aromatic carbocycles. The molecule has 0 aliphatic heterocycles. The van der Waals surface area contributed by atoms with Gasteiger partial charge in [0.15, 0.2) is 6.29 Å². The lowest BCUT2D eigenvalue weighted by Crippen LogP contribution is -2.38. The normalized spacial score (nSPS) is 12.8. The Kier molecular flexibility index (Phi) is 10.1. The van der Waals surface area contributed by atoms with Crippen LogP contribution in [0.4, 0.5) is 0 Å². The van der Waals surface area contributed by atoms with Gasteiger partial charge in [-0.05, 0) is 27.3 Å². The van der Waals surface area contributed by atoms with E-state index in [9.17, 15) is 4.79 Å². The smallest absolute Gasteiger partial charge is 0.221 e. The van der Waals surface area contributed by atoms with Crippen LogP contribution in [0.15, 0.2) is 0 Å². The van der Waals surface area contributed by atoms with E-state index in [1.54, 1.807) is 0 Å². The second-order valence-corrected chi connectivity index (χ2v) is 3.81. The summed E-state index contributed by atoms with van der Waals surface area (Å²) in [5.74, 6) is 0.0165. The van der Waals surface area contributed by atoms with Crippen LogP contribution in [0.1, 0.15) is 34.1 Å². The number of hydrogen-bond donors (Lipinski definition) is 2. The van der Waals surface area contributed by atoms with Crippen LogP contribution >= 0.6 is 0 Å². The van der Waals surface area contributed by atoms with E-state index in [0.717, 1.165) is 6.54 Å². The summed E-state index contributed by atoms with van der Waals surface area (Å²) in [7, 11) is 0. The Labute approximate surface area is 104 Å². The minimum atomic E-state index is -0.344. The van der Waals surface area contributed by atoms with Gasteiger partial charge in [0.25, 0.3) is 0 Å². The van der Waals surface area contributed by atoms with Crippen LogP contribution in [0.2, 0.25) is 0 Å². The van der Waals surface area contributed by atoms with Gasteiger partial charge in [0.05, 0.1) is 6.54 Å². The maximum Gasteiger partial charge on any atom is 0.221 e. The molecule has 0 bridgehead atoms. The van der Waals surface area contributed by atoms with Gasteiger partial charge in [0.2, 0.25) is 5.91 Å². The summed E-state index contributed by atoms with van der Waals surface area (Å²) in [6.45, 7) is 10.2. The number of carbonyl (C=O) groups is 1. The van der Waals surface area contributed by atoms with Gasteiger partial charge in [-0.1, -0.05) is 6.92 Å². The highest BCUT2D eigenvalue weighted by Gasteiger charge is 2.11. The maximum atomic E-state index is 11.6. The molecular weight excluding hydrogens is 220 g/mol. The zero-order valence-corrected chi connectivity index (χ0v) is 11.4. The van der Waals surface area contributed by atoms with Crippen LogP contribution in [-0.4, -0.2) is 44.5 Å². The molecule has 102 valence electrons. The predicted octanol–water partition coefficient (Wildman–Crippen LogP) is 0.890. The van der Waals surface area contributed by atoms with Gasteiger partial charge in [-0.2, -0.15) is 0 Å². The zero-order chi connectivity index (χ0) is 13.1. The Morgan fingerprint density at radius 2 is 1.76 bits per heavy atom. The first-order valence-corrected chi connectivity index (χ1v) is 6.37. The standard InChI is InChI=1S/C12H26N2O3/c1-5-13-10(4)8-11(15)14-9-12(16-6-2)17-7-3/h10,12-13H,5-9H2,1-4H3,(H,14,15). The number of carbonyl (C=O) groups excluding carboxylic acids is 1. The Morgan fingerprint density at radius 3 is 2.24 bits per heavy atom. The average molecular weight is 246 g/mol. The van der Waals surface area contributed by atoms with E-state index >= 15 is 0 Å². The highest BCUT2D eigenvalue weighted by Crippen LogP contribution is 1.95. The second kappa shape index (κ2) is 10.5. The van der Waals surface area contributed by atoms with Crippen LogP contribution in [-0.2, 0) is 14.3 Å². The Hall–Kier alpha value is -0.650. The zero-order valence-electron chi connectivity index (χ0n) is 11.4. The Balaban J connectivity index is 3.78. The van der Waals surface area contributed by atoms with Crippen molar-refractivity contribution >= 4 is 5.91 Å². The molecule has 5 nitrogen and oxygen atoms in total. The molecular formula is C12H26N2O3. The molecule has 0 radical (unpaired) electrons. The lowest BCUT2D eigenvalue weighted by molar-refractivity contribution is -0.140. The van der Waals surface area contributed by atoms with E-state index in [0.29, 0.717) is 26.2 Å². The predicted molar refractivity (Wildman–Crippen MR) is 67.8 cm³/mol. The molecule has 0 aromatic rings. The number of ether oxygens (including phenoxy) is 2. The number of amides is 1. The first kappa shape index (κ1) is 16.4. The summed E-state index contributed by atoms with van der Waals surface area (Å²) < 4.78 is 10.7. The van der Waals surface area contributed by atoms with Crippen molar-refractivity contribution in [1.82, 2.24) is 10.6 Å². The van der Waals surface area contributed by atoms with E-state index in [-0.39, 0.29) is 18.2 Å². The van der Waals surface area contributed by atoms with Crippen molar-refractivity contribution in [2.75, 3.05) is 26.3 Å². The van der Waals surface area contributed by atoms with Gasteiger partial charge in [-0.3, -0.25) is 4.79 Å². The molecule has 5 heteroatoms. The van der Waals surface area contributed by atoms with Crippen molar-refractivity contribution in [3.05, 3.63) is 0 Å². The topological polar surface area (TPSA) is 59.6 Å². The molecule has 1 unspecified atom stereocenters. The molecule has 0 fully saturated rings. The van der Waals surface area contributed by atoms with Crippen molar-refractivity contribution in [3.8, 4) is 0 Å². The SMILES string of the molecule is CCNC(C)CC(=O)NCC(OCC)OCC. The second-order valence-electron chi connectivity index (χ2n) is 3.81. The van der Waals surface area contributed by atoms with E-state index in [4.69, 9.17) is 9.47 Å². The molecule has 0 saturated heterocycles. The van der Waals surface area contributed by atoms with Gasteiger partial charge in [0, 0.05) is 25.7 Å². The fourth-order valence-electron chi connectivity index (χ4n) is 1.51. The summed E-state index contributed by atoms with van der Waals surface area (Å²) in [4.78, 5) is 11.6. The van der Waals surface area contributed by atoms with Crippen LogP contribution in [0.3, 0.4) is 0 Å². The van der Waals surface area contributed by atoms with E-state index < -0.39 is 0 Å². The third kappa shape index (κ3) is 9.09. The monoisotopic (exact) mass is 246 g/mol. The summed E-state index contributed by atoms with van der Waals surface area (Å²) in [5, 5.41) is 6.00. The van der Waals surface area contributed by atoms with Gasteiger partial charge >= 0.3 is 0 Å². The van der Waals surface area contributed by atoms with Crippen molar-refractivity contribution in [1.29, 1.82) is 0 Å². The summed E-state index contributed by atoms with van der Waals surface area (Å²) >= 11 is 0. The molecule has 0 aliphatic carbocycles. The van der Waals surface area contributed by atoms with E-state index in [2.05, 4.69) is 10.6 Å². The van der Waals surface area contributed by atoms with Crippen LogP contribution in [0, 0.1) is 0 Å². The highest BCUT2D eigenvalue weighted by molar-refractivity contribution is 5.76. The van der Waals surface area contributed by atoms with Crippen molar-refractivity contribution < 1.29 is 14.3 Å². The number of nitrogens with one attached hydrogen (secondary N) is 2. The molecule has 0 saturated carbocycles. The third-order valence-corrected chi connectivity index (χ3v) is 2.22. The lowest BCUT2D eigenvalue weighted by atomic mass is 10.2. The molecule has 0 aliphatic rings. The Morgan fingerprint density at radius 1 is 1.18 bits per heavy atom. The summed E-state index contributed by atoms with van der Waals surface area (Å²) in [6.07, 6.45) is 0.127. The molecule has 1 atom stereocenters. The number of hydrogen-bond acceptors (Lipinski definition) is 4. The fourth-order valence-corrected chi connectivity index (χ4v) is 1.51. The molecule has 2 N–H and O–H groups in total. The van der Waals surface area contributed by atoms with Crippen LogP contribution < -0.4 is 10.6 Å². The molecule has 0 spiro atoms. The maximum absolute atomic E-state index is 11.6. The molecule has 0 rings (SSSR count). The Bertz CT molecular complexity index is 194. The lowest BCUT2D eigenvalue weighted by Gasteiger charge is -2.18. The van der Waals surface area contributed by atoms with Gasteiger partial charge < -0.3 is 20.1 Å². The first-order valence-electron chi connectivity index (χ1n) is 6.37. The van der Waals surface area contributed by atoms with E-state index in [1.165, 1.54) is 0 Å². The van der Waals surface area contributed by atoms with Crippen molar-refractivity contribution in [3.63, 3.8) is 0 Å². The average Bonchev–Trinajstić information content (AvgIpc) is 2.27. The largest absolute Gasteiger partial charge is 0.351 e. The minimum absolute atomic E-state index is 0.0165. The summed E-state index contributed by atoms with van der Waals surface area (Å²) in [5.41, 5.74) is 0. The summed E-state index contributed by atoms with van der Waals surface area (Å²) in [6, 6.07) is 0.192. The molecule has 1 amide bonds. The van der Waals surface area contributed by atoms with Gasteiger partial charge in [0.1, 0.15) is 0 Å². The molecule has 0 heterocycles. The van der Waals surface area contributed by atoms with Gasteiger partial charge in [-0.15, -0.1) is 0 Å². The van der Waals surface area contributed by atoms with Crippen LogP contribution in [0.5, 0.6) is 0 Å². The van der Waals surface area contributed by atoms with Crippen LogP contribution in [0.25, 0.3) is 0 Å². The third-order valence-electron chi connectivity index (χ3n) is 2.22. The van der Waals surface area contributed by atoms with Crippen molar-refractivity contribution in [2.45, 2.75) is 46.4 Å². The highest BCUT2D eigenvalue weighted by atomic mass is 16.7. The first-order chi connectivity index (χ1) is 8.13. The molecule has 17 heavy (non-hydrogen) atoms. The van der Waals surface area contributed by atoms with Gasteiger partial charge in [-0.25, -0.2) is 0 Å². The van der Waals surface area contributed by atoms with Crippen molar-refractivity contribution in [2.24, 2.45) is 0 Å². The number of rotatable bonds is 10. The minimum Gasteiger partial charge on any atom is -0.351 e.